The number of alkyl halides is 2. The van der Waals surface area contributed by atoms with Gasteiger partial charge in [0.2, 0.25) is 0 Å². The van der Waals surface area contributed by atoms with Gasteiger partial charge in [-0.1, -0.05) is 0 Å². The van der Waals surface area contributed by atoms with Crippen molar-refractivity contribution >= 4 is 34.4 Å². The second-order valence-corrected chi connectivity index (χ2v) is 4.16. The average Bonchev–Trinajstić information content (AvgIpc) is 2.27. The molecule has 1 aromatic heterocycles. The van der Waals surface area contributed by atoms with Gasteiger partial charge >= 0.3 is 11.8 Å². The molecule has 9 heteroatoms. The number of nitrogens with zero attached hydrogens (tertiary/aromatic N) is 2. The topological polar surface area (TPSA) is 82.3 Å². The summed E-state index contributed by atoms with van der Waals surface area (Å²) in [5.74, 6) is -2.06. The van der Waals surface area contributed by atoms with E-state index >= 15 is 0 Å². The van der Waals surface area contributed by atoms with Crippen molar-refractivity contribution < 1.29 is 23.2 Å². The van der Waals surface area contributed by atoms with Crippen molar-refractivity contribution in [2.24, 2.45) is 0 Å². The van der Waals surface area contributed by atoms with Gasteiger partial charge in [-0.05, 0) is 39.4 Å². The van der Waals surface area contributed by atoms with Gasteiger partial charge < -0.3 is 14.9 Å². The van der Waals surface area contributed by atoms with Crippen molar-refractivity contribution in [3.8, 4) is 0 Å². The molecule has 0 aromatic carbocycles. The Balaban J connectivity index is 3.51. The predicted octanol–water partition coefficient (Wildman–Crippen LogP) is 2.71. The quantitative estimate of drug-likeness (QED) is 0.351. The lowest BCUT2D eigenvalue weighted by atomic mass is 10.1. The molecule has 0 N–H and O–H groups in total. The van der Waals surface area contributed by atoms with Gasteiger partial charge in [-0.2, -0.15) is 0 Å². The number of esters is 1. The lowest BCUT2D eigenvalue weighted by Crippen LogP contribution is -2.14. The van der Waals surface area contributed by atoms with Crippen LogP contribution in [-0.4, -0.2) is 22.5 Å². The van der Waals surface area contributed by atoms with Crippen LogP contribution in [0.1, 0.15) is 29.3 Å². The standard InChI is InChI=1S/C9H7F2IN2O4/c1-2-18-9(15)5-4(12)3-13-8(14(16)17)6(5)7(10)11/h3,7H,2H2,1H3. The number of nitro groups is 1. The number of rotatable bonds is 4. The Morgan fingerprint density at radius 1 is 1.67 bits per heavy atom. The van der Waals surface area contributed by atoms with E-state index < -0.39 is 34.3 Å². The molecule has 0 aliphatic heterocycles. The van der Waals surface area contributed by atoms with Crippen LogP contribution in [0, 0.1) is 13.7 Å². The van der Waals surface area contributed by atoms with Gasteiger partial charge in [-0.3, -0.25) is 0 Å². The van der Waals surface area contributed by atoms with Crippen LogP contribution in [0.25, 0.3) is 0 Å². The van der Waals surface area contributed by atoms with Crippen LogP contribution in [0.5, 0.6) is 0 Å². The number of carbonyl (C=O) groups excluding carboxylic acids is 1. The van der Waals surface area contributed by atoms with Gasteiger partial charge in [0, 0.05) is 0 Å². The van der Waals surface area contributed by atoms with E-state index in [2.05, 4.69) is 9.72 Å². The monoisotopic (exact) mass is 372 g/mol. The summed E-state index contributed by atoms with van der Waals surface area (Å²) in [5.41, 5.74) is -1.51. The second-order valence-electron chi connectivity index (χ2n) is 3.00. The van der Waals surface area contributed by atoms with Crippen molar-refractivity contribution in [2.75, 3.05) is 6.61 Å². The number of hydrogen-bond donors (Lipinski definition) is 0. The predicted molar refractivity (Wildman–Crippen MR) is 64.5 cm³/mol. The molecule has 18 heavy (non-hydrogen) atoms. The summed E-state index contributed by atoms with van der Waals surface area (Å²) < 4.78 is 30.4. The molecule has 0 aliphatic rings. The van der Waals surface area contributed by atoms with Crippen LogP contribution < -0.4 is 0 Å². The largest absolute Gasteiger partial charge is 0.462 e. The third kappa shape index (κ3) is 2.89. The Morgan fingerprint density at radius 2 is 2.28 bits per heavy atom. The summed E-state index contributed by atoms with van der Waals surface area (Å²) in [6.45, 7) is 1.48. The highest BCUT2D eigenvalue weighted by Crippen LogP contribution is 2.33. The summed E-state index contributed by atoms with van der Waals surface area (Å²) >= 11 is 1.60. The second kappa shape index (κ2) is 5.98. The third-order valence-electron chi connectivity index (χ3n) is 1.92. The average molecular weight is 372 g/mol. The van der Waals surface area contributed by atoms with E-state index in [1.54, 1.807) is 22.6 Å². The van der Waals surface area contributed by atoms with Gasteiger partial charge in [-0.25, -0.2) is 13.6 Å². The molecule has 0 amide bonds. The third-order valence-corrected chi connectivity index (χ3v) is 2.74. The van der Waals surface area contributed by atoms with Crippen LogP contribution in [0.15, 0.2) is 6.20 Å². The Morgan fingerprint density at radius 3 is 2.72 bits per heavy atom. The molecule has 0 atom stereocenters. The normalized spacial score (nSPS) is 10.5. The number of hydrogen-bond acceptors (Lipinski definition) is 5. The van der Waals surface area contributed by atoms with Gasteiger partial charge in [-0.15, -0.1) is 0 Å². The summed E-state index contributed by atoms with van der Waals surface area (Å²) in [6.07, 6.45) is -2.20. The van der Waals surface area contributed by atoms with Crippen LogP contribution in [0.3, 0.4) is 0 Å². The number of halogens is 3. The Labute approximate surface area is 114 Å². The summed E-state index contributed by atoms with van der Waals surface area (Å²) in [6, 6.07) is 0. The van der Waals surface area contributed by atoms with Gasteiger partial charge in [0.05, 0.1) is 15.7 Å². The maximum absolute atomic E-state index is 12.9. The maximum Gasteiger partial charge on any atom is 0.373 e. The van der Waals surface area contributed by atoms with Crippen molar-refractivity contribution in [1.29, 1.82) is 0 Å². The van der Waals surface area contributed by atoms with Crippen LogP contribution >= 0.6 is 22.6 Å². The first-order valence-corrected chi connectivity index (χ1v) is 5.76. The van der Waals surface area contributed by atoms with E-state index in [4.69, 9.17) is 0 Å². The zero-order chi connectivity index (χ0) is 13.9. The lowest BCUT2D eigenvalue weighted by Gasteiger charge is -2.09. The molecule has 0 aliphatic carbocycles. The van der Waals surface area contributed by atoms with E-state index in [-0.39, 0.29) is 10.2 Å². The van der Waals surface area contributed by atoms with Crippen molar-refractivity contribution in [1.82, 2.24) is 4.98 Å². The van der Waals surface area contributed by atoms with E-state index in [1.807, 2.05) is 0 Å². The Bertz CT molecular complexity index is 496. The highest BCUT2D eigenvalue weighted by molar-refractivity contribution is 14.1. The summed E-state index contributed by atoms with van der Waals surface area (Å²) in [7, 11) is 0. The van der Waals surface area contributed by atoms with E-state index in [1.165, 1.54) is 6.92 Å². The molecule has 0 radical (unpaired) electrons. The highest BCUT2D eigenvalue weighted by Gasteiger charge is 2.33. The van der Waals surface area contributed by atoms with Crippen molar-refractivity contribution in [3.63, 3.8) is 0 Å². The number of carbonyl (C=O) groups is 1. The molecule has 6 nitrogen and oxygen atoms in total. The fraction of sp³-hybridized carbons (Fsp3) is 0.333. The van der Waals surface area contributed by atoms with E-state index in [9.17, 15) is 23.7 Å². The number of ether oxygens (including phenoxy) is 1. The van der Waals surface area contributed by atoms with Crippen LogP contribution in [0.2, 0.25) is 0 Å². The molecular formula is C9H7F2IN2O4. The van der Waals surface area contributed by atoms with Crippen molar-refractivity contribution in [2.45, 2.75) is 13.3 Å². The fourth-order valence-corrected chi connectivity index (χ4v) is 1.91. The molecule has 0 saturated heterocycles. The minimum Gasteiger partial charge on any atom is -0.462 e. The molecule has 0 unspecified atom stereocenters. The minimum absolute atomic E-state index is 0.0201. The molecule has 0 fully saturated rings. The van der Waals surface area contributed by atoms with Gasteiger partial charge in [0.1, 0.15) is 5.56 Å². The molecule has 0 bridgehead atoms. The first-order chi connectivity index (χ1) is 8.40. The lowest BCUT2D eigenvalue weighted by molar-refractivity contribution is -0.391. The SMILES string of the molecule is CCOC(=O)c1c(I)cnc([N+](=O)[O-])c1C(F)F. The molecule has 1 aromatic rings. The van der Waals surface area contributed by atoms with E-state index in [0.29, 0.717) is 0 Å². The molecule has 98 valence electrons. The molecule has 0 saturated carbocycles. The summed E-state index contributed by atoms with van der Waals surface area (Å²) in [5, 5.41) is 10.6. The van der Waals surface area contributed by atoms with E-state index in [0.717, 1.165) is 6.20 Å². The smallest absolute Gasteiger partial charge is 0.373 e. The maximum atomic E-state index is 12.9. The number of pyridine rings is 1. The van der Waals surface area contributed by atoms with Crippen LogP contribution in [-0.2, 0) is 4.74 Å². The van der Waals surface area contributed by atoms with Gasteiger partial charge in [0.25, 0.3) is 6.43 Å². The zero-order valence-electron chi connectivity index (χ0n) is 9.02. The Kier molecular flexibility index (Phi) is 4.87. The minimum atomic E-state index is -3.19. The highest BCUT2D eigenvalue weighted by atomic mass is 127. The molecule has 1 heterocycles. The molecular weight excluding hydrogens is 365 g/mol. The molecule has 1 rings (SSSR count). The summed E-state index contributed by atoms with van der Waals surface area (Å²) in [4.78, 5) is 24.4. The van der Waals surface area contributed by atoms with Crippen LogP contribution in [0.4, 0.5) is 14.6 Å². The van der Waals surface area contributed by atoms with Gasteiger partial charge in [0.15, 0.2) is 6.20 Å². The fourth-order valence-electron chi connectivity index (χ4n) is 1.26. The zero-order valence-corrected chi connectivity index (χ0v) is 11.2. The first kappa shape index (κ1) is 14.7. The molecule has 0 spiro atoms. The van der Waals surface area contributed by atoms with Crippen molar-refractivity contribution in [3.05, 3.63) is 31.0 Å². The number of aromatic nitrogens is 1. The first-order valence-electron chi connectivity index (χ1n) is 4.68. The Hall–Kier alpha value is -1.39.